The maximum Gasteiger partial charge on any atom is 0.182 e. The predicted molar refractivity (Wildman–Crippen MR) is 121 cm³/mol. The van der Waals surface area contributed by atoms with Gasteiger partial charge in [-0.25, -0.2) is 8.78 Å². The van der Waals surface area contributed by atoms with Crippen LogP contribution in [0, 0.1) is 23.5 Å². The summed E-state index contributed by atoms with van der Waals surface area (Å²) in [6.45, 7) is 5.34. The summed E-state index contributed by atoms with van der Waals surface area (Å²) < 4.78 is 42.5. The highest BCUT2D eigenvalue weighted by molar-refractivity contribution is 7.25. The van der Waals surface area contributed by atoms with Crippen LogP contribution in [0.3, 0.4) is 0 Å². The SMILES string of the molecule is CCCCOc1ccc2c(sc3c(F)c(OC[C@H]4CC[C@H](CC)CC4)ccc32)c1F. The standard InChI is InChI=1S/C25H30F2O2S/c1-3-5-14-28-20-12-10-18-19-11-13-21(23(27)25(19)30-24(18)22(20)26)29-15-17-8-6-16(4-2)7-9-17/h10-13,16-17H,3-9,14-15H2,1-2H3/t16-,17-. The summed E-state index contributed by atoms with van der Waals surface area (Å²) in [5.41, 5.74) is 0. The van der Waals surface area contributed by atoms with Crippen molar-refractivity contribution in [2.75, 3.05) is 13.2 Å². The third-order valence-corrected chi connectivity index (χ3v) is 7.60. The minimum atomic E-state index is -0.403. The van der Waals surface area contributed by atoms with Crippen LogP contribution in [0.1, 0.15) is 58.8 Å². The van der Waals surface area contributed by atoms with Gasteiger partial charge in [0.05, 0.1) is 22.6 Å². The molecule has 162 valence electrons. The molecular formula is C25H30F2O2S. The zero-order valence-corrected chi connectivity index (χ0v) is 18.6. The lowest BCUT2D eigenvalue weighted by Gasteiger charge is -2.27. The van der Waals surface area contributed by atoms with Crippen molar-refractivity contribution in [3.05, 3.63) is 35.9 Å². The van der Waals surface area contributed by atoms with Crippen LogP contribution in [-0.4, -0.2) is 13.2 Å². The molecule has 2 aromatic carbocycles. The van der Waals surface area contributed by atoms with Gasteiger partial charge in [0.1, 0.15) is 0 Å². The molecule has 1 heterocycles. The summed E-state index contributed by atoms with van der Waals surface area (Å²) >= 11 is 1.14. The quantitative estimate of drug-likeness (QED) is 0.335. The molecule has 0 atom stereocenters. The number of benzene rings is 2. The first-order valence-electron chi connectivity index (χ1n) is 11.2. The van der Waals surface area contributed by atoms with E-state index in [0.29, 0.717) is 28.5 Å². The Morgan fingerprint density at radius 1 is 0.833 bits per heavy atom. The fourth-order valence-corrected chi connectivity index (χ4v) is 5.53. The molecular weight excluding hydrogens is 402 g/mol. The van der Waals surface area contributed by atoms with E-state index < -0.39 is 5.82 Å². The van der Waals surface area contributed by atoms with E-state index in [9.17, 15) is 4.39 Å². The third kappa shape index (κ3) is 4.27. The van der Waals surface area contributed by atoms with Crippen LogP contribution >= 0.6 is 11.3 Å². The average Bonchev–Trinajstić information content (AvgIpc) is 3.16. The minimum Gasteiger partial charge on any atom is -0.490 e. The van der Waals surface area contributed by atoms with Crippen molar-refractivity contribution in [3.8, 4) is 11.5 Å². The maximum atomic E-state index is 15.2. The largest absolute Gasteiger partial charge is 0.490 e. The average molecular weight is 433 g/mol. The molecule has 1 fully saturated rings. The molecule has 3 aromatic rings. The number of ether oxygens (including phenoxy) is 2. The number of hydrogen-bond acceptors (Lipinski definition) is 3. The molecule has 30 heavy (non-hydrogen) atoms. The highest BCUT2D eigenvalue weighted by Crippen LogP contribution is 2.42. The van der Waals surface area contributed by atoms with Crippen LogP contribution in [-0.2, 0) is 0 Å². The summed E-state index contributed by atoms with van der Waals surface area (Å²) in [5.74, 6) is 1.04. The van der Waals surface area contributed by atoms with Crippen molar-refractivity contribution in [1.29, 1.82) is 0 Å². The Morgan fingerprint density at radius 2 is 1.40 bits per heavy atom. The molecule has 1 aliphatic carbocycles. The Hall–Kier alpha value is -1.88. The molecule has 4 rings (SSSR count). The zero-order valence-electron chi connectivity index (χ0n) is 17.8. The highest BCUT2D eigenvalue weighted by Gasteiger charge is 2.22. The van der Waals surface area contributed by atoms with Crippen LogP contribution in [0.25, 0.3) is 20.2 Å². The van der Waals surface area contributed by atoms with E-state index in [4.69, 9.17) is 9.47 Å². The fraction of sp³-hybridized carbons (Fsp3) is 0.520. The Bertz CT molecular complexity index is 1010. The predicted octanol–water partition coefficient (Wildman–Crippen LogP) is 8.11. The van der Waals surface area contributed by atoms with E-state index in [1.165, 1.54) is 19.3 Å². The molecule has 5 heteroatoms. The molecule has 0 radical (unpaired) electrons. The Balaban J connectivity index is 1.54. The zero-order chi connectivity index (χ0) is 21.1. The lowest BCUT2D eigenvalue weighted by Crippen LogP contribution is -2.20. The van der Waals surface area contributed by atoms with Crippen molar-refractivity contribution in [1.82, 2.24) is 0 Å². The fourth-order valence-electron chi connectivity index (χ4n) is 4.37. The van der Waals surface area contributed by atoms with Gasteiger partial charge in [-0.3, -0.25) is 0 Å². The van der Waals surface area contributed by atoms with Crippen LogP contribution in [0.5, 0.6) is 11.5 Å². The van der Waals surface area contributed by atoms with Gasteiger partial charge in [-0.15, -0.1) is 11.3 Å². The maximum absolute atomic E-state index is 15.2. The highest BCUT2D eigenvalue weighted by atomic mass is 32.1. The number of halogens is 2. The van der Waals surface area contributed by atoms with Gasteiger partial charge >= 0.3 is 0 Å². The summed E-state index contributed by atoms with van der Waals surface area (Å²) in [4.78, 5) is 0. The lowest BCUT2D eigenvalue weighted by atomic mass is 9.81. The summed E-state index contributed by atoms with van der Waals surface area (Å²) in [6.07, 6.45) is 7.88. The van der Waals surface area contributed by atoms with Gasteiger partial charge in [0.15, 0.2) is 23.1 Å². The molecule has 0 saturated heterocycles. The van der Waals surface area contributed by atoms with Gasteiger partial charge in [0, 0.05) is 10.8 Å². The van der Waals surface area contributed by atoms with Crippen molar-refractivity contribution in [2.24, 2.45) is 11.8 Å². The second-order valence-electron chi connectivity index (χ2n) is 8.42. The number of rotatable bonds is 8. The summed E-state index contributed by atoms with van der Waals surface area (Å²) in [7, 11) is 0. The molecule has 0 N–H and O–H groups in total. The number of unbranched alkanes of at least 4 members (excludes halogenated alkanes) is 1. The van der Waals surface area contributed by atoms with Crippen molar-refractivity contribution in [2.45, 2.75) is 58.8 Å². The Morgan fingerprint density at radius 3 is 1.97 bits per heavy atom. The first-order chi connectivity index (χ1) is 14.6. The lowest BCUT2D eigenvalue weighted by molar-refractivity contribution is 0.177. The van der Waals surface area contributed by atoms with Crippen LogP contribution < -0.4 is 9.47 Å². The monoisotopic (exact) mass is 432 g/mol. The number of fused-ring (bicyclic) bond motifs is 3. The summed E-state index contributed by atoms with van der Waals surface area (Å²) in [6, 6.07) is 7.00. The molecule has 2 nitrogen and oxygen atoms in total. The van der Waals surface area contributed by atoms with E-state index in [1.54, 1.807) is 12.1 Å². The Labute approximate surface area is 181 Å². The second-order valence-corrected chi connectivity index (χ2v) is 9.44. The normalized spacial score (nSPS) is 19.5. The molecule has 0 bridgehead atoms. The van der Waals surface area contributed by atoms with E-state index in [-0.39, 0.29) is 17.3 Å². The number of hydrogen-bond donors (Lipinski definition) is 0. The van der Waals surface area contributed by atoms with E-state index in [2.05, 4.69) is 13.8 Å². The molecule has 0 unspecified atom stereocenters. The Kier molecular flexibility index (Phi) is 6.77. The minimum absolute atomic E-state index is 0.238. The van der Waals surface area contributed by atoms with Gasteiger partial charge in [0.2, 0.25) is 0 Å². The van der Waals surface area contributed by atoms with Gasteiger partial charge in [-0.1, -0.05) is 39.5 Å². The van der Waals surface area contributed by atoms with E-state index in [0.717, 1.165) is 53.7 Å². The van der Waals surface area contributed by atoms with Crippen LogP contribution in [0.4, 0.5) is 8.78 Å². The van der Waals surface area contributed by atoms with E-state index in [1.807, 2.05) is 12.1 Å². The molecule has 1 aliphatic rings. The van der Waals surface area contributed by atoms with Crippen molar-refractivity contribution < 1.29 is 18.3 Å². The third-order valence-electron chi connectivity index (χ3n) is 6.39. The number of thiophene rings is 1. The first kappa shape index (κ1) is 21.4. The second kappa shape index (κ2) is 9.51. The molecule has 0 spiro atoms. The molecule has 0 amide bonds. The molecule has 0 aliphatic heterocycles. The first-order valence-corrected chi connectivity index (χ1v) is 12.0. The van der Waals surface area contributed by atoms with Gasteiger partial charge in [-0.2, -0.15) is 0 Å². The van der Waals surface area contributed by atoms with Gasteiger partial charge < -0.3 is 9.47 Å². The molecule has 1 saturated carbocycles. The van der Waals surface area contributed by atoms with E-state index >= 15 is 4.39 Å². The van der Waals surface area contributed by atoms with Crippen LogP contribution in [0.15, 0.2) is 24.3 Å². The summed E-state index contributed by atoms with van der Waals surface area (Å²) in [5, 5.41) is 1.45. The molecule has 1 aromatic heterocycles. The smallest absolute Gasteiger partial charge is 0.182 e. The van der Waals surface area contributed by atoms with Crippen molar-refractivity contribution in [3.63, 3.8) is 0 Å². The topological polar surface area (TPSA) is 18.5 Å². The van der Waals surface area contributed by atoms with Gasteiger partial charge in [0.25, 0.3) is 0 Å². The van der Waals surface area contributed by atoms with Crippen LogP contribution in [0.2, 0.25) is 0 Å². The van der Waals surface area contributed by atoms with Crippen molar-refractivity contribution >= 4 is 31.5 Å². The van der Waals surface area contributed by atoms with Gasteiger partial charge in [-0.05, 0) is 55.4 Å².